The van der Waals surface area contributed by atoms with Crippen molar-refractivity contribution in [1.82, 2.24) is 15.0 Å². The van der Waals surface area contributed by atoms with E-state index < -0.39 is 5.41 Å². The third-order valence-electron chi connectivity index (χ3n) is 15.2. The van der Waals surface area contributed by atoms with Crippen LogP contribution in [0.25, 0.3) is 121 Å². The Balaban J connectivity index is 0.839. The van der Waals surface area contributed by atoms with Crippen molar-refractivity contribution in [3.8, 4) is 78.7 Å². The summed E-state index contributed by atoms with van der Waals surface area (Å²) >= 11 is 1.80. The highest BCUT2D eigenvalue weighted by Crippen LogP contribution is 2.57. The van der Waals surface area contributed by atoms with E-state index >= 15 is 0 Å². The highest BCUT2D eigenvalue weighted by atomic mass is 32.1. The summed E-state index contributed by atoms with van der Waals surface area (Å²) in [7, 11) is 0. The van der Waals surface area contributed by atoms with Gasteiger partial charge in [0.25, 0.3) is 0 Å². The Morgan fingerprint density at radius 3 is 1.57 bits per heavy atom. The molecular weight excluding hydrogens is 931 g/mol. The molecule has 0 bridgehead atoms. The first-order valence-electron chi connectivity index (χ1n) is 25.4. The standard InChI is InChI=1S/C70H43N3OS/c1-4-16-44(17-5-1)47-18-14-19-50(40-47)67-71-68(51-36-39-65-58(42-51)56-25-11-13-29-64(56)75-65)73-69(72-67)57-26-15-28-63-66(57)59-41-48(35-38-62(59)74-63)45-30-32-46(33-31-45)49-34-37-55-54-24-10-12-27-60(54)70(61(55)43-49,52-20-6-2-7-21-52)53-22-8-3-9-23-53/h1-43H. The van der Waals surface area contributed by atoms with Crippen LogP contribution < -0.4 is 0 Å². The van der Waals surface area contributed by atoms with Crippen molar-refractivity contribution in [1.29, 1.82) is 0 Å². The van der Waals surface area contributed by atoms with E-state index in [1.54, 1.807) is 11.3 Å². The molecule has 0 atom stereocenters. The van der Waals surface area contributed by atoms with E-state index in [4.69, 9.17) is 19.4 Å². The molecule has 75 heavy (non-hydrogen) atoms. The van der Waals surface area contributed by atoms with E-state index in [0.717, 1.165) is 66.4 Å². The van der Waals surface area contributed by atoms with Crippen molar-refractivity contribution >= 4 is 53.4 Å². The normalized spacial score (nSPS) is 12.6. The van der Waals surface area contributed by atoms with Crippen molar-refractivity contribution in [2.24, 2.45) is 0 Å². The summed E-state index contributed by atoms with van der Waals surface area (Å²) in [5.74, 6) is 1.80. The van der Waals surface area contributed by atoms with Gasteiger partial charge in [0.1, 0.15) is 11.2 Å². The molecule has 0 fully saturated rings. The summed E-state index contributed by atoms with van der Waals surface area (Å²) in [6, 6.07) is 93.7. The zero-order chi connectivity index (χ0) is 49.5. The first-order chi connectivity index (χ1) is 37.1. The molecular formula is C70H43N3OS. The molecule has 14 aromatic rings. The molecule has 15 rings (SSSR count). The molecule has 3 heterocycles. The highest BCUT2D eigenvalue weighted by molar-refractivity contribution is 7.25. The van der Waals surface area contributed by atoms with Crippen molar-refractivity contribution in [2.75, 3.05) is 0 Å². The second kappa shape index (κ2) is 17.3. The first kappa shape index (κ1) is 43.1. The molecule has 0 aliphatic heterocycles. The molecule has 0 N–H and O–H groups in total. The summed E-state index contributed by atoms with van der Waals surface area (Å²) in [4.78, 5) is 15.9. The van der Waals surface area contributed by atoms with Gasteiger partial charge < -0.3 is 4.42 Å². The monoisotopic (exact) mass is 973 g/mol. The van der Waals surface area contributed by atoms with Gasteiger partial charge in [-0.15, -0.1) is 11.3 Å². The van der Waals surface area contributed by atoms with Gasteiger partial charge in [0.05, 0.1) is 5.41 Å². The van der Waals surface area contributed by atoms with Crippen LogP contribution in [0.4, 0.5) is 0 Å². The SMILES string of the molecule is c1ccc(-c2cccc(-c3nc(-c4ccc5sc6ccccc6c5c4)nc(-c4cccc5oc6ccc(-c7ccc(-c8ccc9c(c8)C(c8ccccc8)(c8ccccc8)c8ccccc8-9)cc7)cc6c45)n3)c2)cc1. The molecule has 11 aromatic carbocycles. The lowest BCUT2D eigenvalue weighted by molar-refractivity contribution is 0.669. The van der Waals surface area contributed by atoms with Gasteiger partial charge >= 0.3 is 0 Å². The lowest BCUT2D eigenvalue weighted by Crippen LogP contribution is -2.28. The number of fused-ring (bicyclic) bond motifs is 9. The summed E-state index contributed by atoms with van der Waals surface area (Å²) in [6.45, 7) is 0. The van der Waals surface area contributed by atoms with Crippen molar-refractivity contribution in [3.63, 3.8) is 0 Å². The van der Waals surface area contributed by atoms with Crippen molar-refractivity contribution in [3.05, 3.63) is 283 Å². The first-order valence-corrected chi connectivity index (χ1v) is 26.2. The average Bonchev–Trinajstić information content (AvgIpc) is 4.17. The molecule has 1 aliphatic carbocycles. The van der Waals surface area contributed by atoms with E-state index in [9.17, 15) is 0 Å². The van der Waals surface area contributed by atoms with Crippen LogP contribution in [-0.4, -0.2) is 15.0 Å². The fourth-order valence-corrected chi connectivity index (χ4v) is 12.8. The Labute approximate surface area is 437 Å². The molecule has 350 valence electrons. The van der Waals surface area contributed by atoms with Crippen LogP contribution in [0.3, 0.4) is 0 Å². The molecule has 0 saturated heterocycles. The molecule has 5 heteroatoms. The van der Waals surface area contributed by atoms with Crippen LogP contribution in [0.1, 0.15) is 22.3 Å². The second-order valence-electron chi connectivity index (χ2n) is 19.4. The maximum atomic E-state index is 6.63. The highest BCUT2D eigenvalue weighted by Gasteiger charge is 2.46. The Hall–Kier alpha value is -9.55. The average molecular weight is 974 g/mol. The number of rotatable bonds is 8. The van der Waals surface area contributed by atoms with Gasteiger partial charge in [0, 0.05) is 47.6 Å². The van der Waals surface area contributed by atoms with E-state index in [0.29, 0.717) is 17.5 Å². The van der Waals surface area contributed by atoms with Gasteiger partial charge in [-0.2, -0.15) is 0 Å². The zero-order valence-electron chi connectivity index (χ0n) is 40.5. The van der Waals surface area contributed by atoms with Gasteiger partial charge in [-0.1, -0.05) is 206 Å². The van der Waals surface area contributed by atoms with Crippen LogP contribution in [0.5, 0.6) is 0 Å². The number of nitrogens with zero attached hydrogens (tertiary/aromatic N) is 3. The number of hydrogen-bond acceptors (Lipinski definition) is 5. The number of hydrogen-bond donors (Lipinski definition) is 0. The van der Waals surface area contributed by atoms with Crippen LogP contribution in [0.2, 0.25) is 0 Å². The van der Waals surface area contributed by atoms with E-state index in [2.05, 4.69) is 243 Å². The number of thiophene rings is 1. The summed E-state index contributed by atoms with van der Waals surface area (Å²) in [6.07, 6.45) is 0. The molecule has 4 nitrogen and oxygen atoms in total. The number of aromatic nitrogens is 3. The number of furan rings is 1. The van der Waals surface area contributed by atoms with E-state index in [-0.39, 0.29) is 0 Å². The van der Waals surface area contributed by atoms with Gasteiger partial charge in [-0.25, -0.2) is 15.0 Å². The third kappa shape index (κ3) is 7.00. The van der Waals surface area contributed by atoms with Gasteiger partial charge in [-0.3, -0.25) is 0 Å². The minimum atomic E-state index is -0.461. The lowest BCUT2D eigenvalue weighted by Gasteiger charge is -2.34. The molecule has 0 radical (unpaired) electrons. The van der Waals surface area contributed by atoms with Crippen molar-refractivity contribution in [2.45, 2.75) is 5.41 Å². The Bertz CT molecular complexity index is 4480. The lowest BCUT2D eigenvalue weighted by atomic mass is 9.67. The summed E-state index contributed by atoms with van der Waals surface area (Å²) in [5.41, 5.74) is 18.3. The molecule has 3 aromatic heterocycles. The van der Waals surface area contributed by atoms with Crippen LogP contribution >= 0.6 is 11.3 Å². The maximum absolute atomic E-state index is 6.63. The van der Waals surface area contributed by atoms with Gasteiger partial charge in [0.2, 0.25) is 0 Å². The molecule has 0 amide bonds. The van der Waals surface area contributed by atoms with E-state index in [1.807, 2.05) is 18.2 Å². The maximum Gasteiger partial charge on any atom is 0.164 e. The fraction of sp³-hybridized carbons (Fsp3) is 0.0143. The molecule has 1 aliphatic rings. The molecule has 0 saturated carbocycles. The molecule has 0 spiro atoms. The smallest absolute Gasteiger partial charge is 0.164 e. The van der Waals surface area contributed by atoms with Gasteiger partial charge in [0.15, 0.2) is 17.5 Å². The summed E-state index contributed by atoms with van der Waals surface area (Å²) < 4.78 is 9.12. The zero-order valence-corrected chi connectivity index (χ0v) is 41.3. The van der Waals surface area contributed by atoms with Gasteiger partial charge in [-0.05, 0) is 121 Å². The minimum Gasteiger partial charge on any atom is -0.456 e. The van der Waals surface area contributed by atoms with Crippen LogP contribution in [0, 0.1) is 0 Å². The fourth-order valence-electron chi connectivity index (χ4n) is 11.8. The Morgan fingerprint density at radius 2 is 0.800 bits per heavy atom. The minimum absolute atomic E-state index is 0.461. The predicted molar refractivity (Wildman–Crippen MR) is 310 cm³/mol. The summed E-state index contributed by atoms with van der Waals surface area (Å²) in [5, 5.41) is 4.38. The Morgan fingerprint density at radius 1 is 0.293 bits per heavy atom. The topological polar surface area (TPSA) is 51.8 Å². The predicted octanol–water partition coefficient (Wildman–Crippen LogP) is 18.5. The third-order valence-corrected chi connectivity index (χ3v) is 16.4. The van der Waals surface area contributed by atoms with Crippen LogP contribution in [0.15, 0.2) is 265 Å². The van der Waals surface area contributed by atoms with Crippen molar-refractivity contribution < 1.29 is 4.42 Å². The van der Waals surface area contributed by atoms with Crippen LogP contribution in [-0.2, 0) is 5.41 Å². The second-order valence-corrected chi connectivity index (χ2v) is 20.5. The largest absolute Gasteiger partial charge is 0.456 e. The Kier molecular flexibility index (Phi) is 9.94. The molecule has 0 unspecified atom stereocenters. The van der Waals surface area contributed by atoms with E-state index in [1.165, 1.54) is 59.1 Å². The number of benzene rings is 11. The quantitative estimate of drug-likeness (QED) is 0.152.